The Morgan fingerprint density at radius 1 is 1.17 bits per heavy atom. The summed E-state index contributed by atoms with van der Waals surface area (Å²) in [5, 5.41) is 0. The van der Waals surface area contributed by atoms with E-state index in [4.69, 9.17) is 4.74 Å². The largest absolute Gasteiger partial charge is 0.468 e. The van der Waals surface area contributed by atoms with Crippen molar-refractivity contribution in [3.05, 3.63) is 0 Å². The Hall–Kier alpha value is -0.610. The van der Waals surface area contributed by atoms with Crippen molar-refractivity contribution in [1.82, 2.24) is 9.80 Å². The molecule has 4 nitrogen and oxygen atoms in total. The predicted octanol–water partition coefficient (Wildman–Crippen LogP) is 1.36. The lowest BCUT2D eigenvalue weighted by molar-refractivity contribution is -0.150. The number of esters is 1. The number of nitrogens with zero attached hydrogens (tertiary/aromatic N) is 2. The SMILES string of the molecule is COC(=O)C(C1CCCN(C)C1)N1CCCCC1. The van der Waals surface area contributed by atoms with E-state index in [1.807, 2.05) is 0 Å². The zero-order valence-electron chi connectivity index (χ0n) is 11.7. The van der Waals surface area contributed by atoms with Crippen molar-refractivity contribution in [2.24, 2.45) is 5.92 Å². The van der Waals surface area contributed by atoms with Gasteiger partial charge in [-0.05, 0) is 58.3 Å². The van der Waals surface area contributed by atoms with Gasteiger partial charge in [0, 0.05) is 6.54 Å². The molecule has 104 valence electrons. The van der Waals surface area contributed by atoms with Crippen LogP contribution in [0.2, 0.25) is 0 Å². The van der Waals surface area contributed by atoms with Crippen LogP contribution in [-0.4, -0.2) is 62.1 Å². The Morgan fingerprint density at radius 3 is 2.50 bits per heavy atom. The molecule has 0 amide bonds. The third-order valence-electron chi connectivity index (χ3n) is 4.33. The van der Waals surface area contributed by atoms with Crippen LogP contribution in [0.4, 0.5) is 0 Å². The number of likely N-dealkylation sites (tertiary alicyclic amines) is 2. The van der Waals surface area contributed by atoms with Crippen molar-refractivity contribution in [2.75, 3.05) is 40.3 Å². The van der Waals surface area contributed by atoms with Gasteiger partial charge in [0.1, 0.15) is 6.04 Å². The fraction of sp³-hybridized carbons (Fsp3) is 0.929. The summed E-state index contributed by atoms with van der Waals surface area (Å²) in [7, 11) is 3.67. The number of ether oxygens (including phenoxy) is 1. The summed E-state index contributed by atoms with van der Waals surface area (Å²) in [6, 6.07) is -0.0157. The van der Waals surface area contributed by atoms with E-state index in [1.54, 1.807) is 0 Å². The van der Waals surface area contributed by atoms with Crippen LogP contribution >= 0.6 is 0 Å². The smallest absolute Gasteiger partial charge is 0.323 e. The summed E-state index contributed by atoms with van der Waals surface area (Å²) in [6.45, 7) is 4.29. The lowest BCUT2D eigenvalue weighted by Crippen LogP contribution is -2.52. The first-order valence-corrected chi connectivity index (χ1v) is 7.23. The predicted molar refractivity (Wildman–Crippen MR) is 71.4 cm³/mol. The number of hydrogen-bond acceptors (Lipinski definition) is 4. The molecule has 2 unspecified atom stereocenters. The van der Waals surface area contributed by atoms with E-state index in [0.717, 1.165) is 32.6 Å². The molecular weight excluding hydrogens is 228 g/mol. The van der Waals surface area contributed by atoms with E-state index < -0.39 is 0 Å². The average Bonchev–Trinajstić information content (AvgIpc) is 2.40. The third-order valence-corrected chi connectivity index (χ3v) is 4.33. The minimum atomic E-state index is -0.0304. The first kappa shape index (κ1) is 13.8. The molecule has 0 radical (unpaired) electrons. The molecule has 0 aliphatic carbocycles. The molecule has 4 heteroatoms. The van der Waals surface area contributed by atoms with Crippen LogP contribution in [-0.2, 0) is 9.53 Å². The molecule has 0 bridgehead atoms. The van der Waals surface area contributed by atoms with E-state index in [0.29, 0.717) is 5.92 Å². The van der Waals surface area contributed by atoms with E-state index in [-0.39, 0.29) is 12.0 Å². The molecule has 2 heterocycles. The van der Waals surface area contributed by atoms with Gasteiger partial charge in [-0.3, -0.25) is 9.69 Å². The zero-order chi connectivity index (χ0) is 13.0. The maximum absolute atomic E-state index is 12.1. The van der Waals surface area contributed by atoms with Crippen LogP contribution < -0.4 is 0 Å². The van der Waals surface area contributed by atoms with Crippen molar-refractivity contribution >= 4 is 5.97 Å². The van der Waals surface area contributed by atoms with Gasteiger partial charge in [0.05, 0.1) is 7.11 Å². The van der Waals surface area contributed by atoms with Crippen LogP contribution in [0, 0.1) is 5.92 Å². The molecule has 18 heavy (non-hydrogen) atoms. The Kier molecular flexibility index (Phi) is 5.01. The van der Waals surface area contributed by atoms with E-state index in [2.05, 4.69) is 16.8 Å². The van der Waals surface area contributed by atoms with Crippen molar-refractivity contribution in [3.8, 4) is 0 Å². The third kappa shape index (κ3) is 3.23. The second-order valence-corrected chi connectivity index (χ2v) is 5.73. The van der Waals surface area contributed by atoms with Crippen molar-refractivity contribution in [1.29, 1.82) is 0 Å². The van der Waals surface area contributed by atoms with Gasteiger partial charge in [0.15, 0.2) is 0 Å². The highest BCUT2D eigenvalue weighted by Gasteiger charge is 2.36. The van der Waals surface area contributed by atoms with Gasteiger partial charge in [-0.25, -0.2) is 0 Å². The standard InChI is InChI=1S/C14H26N2O2/c1-15-8-6-7-12(11-15)13(14(17)18-2)16-9-4-3-5-10-16/h12-13H,3-11H2,1-2H3. The Balaban J connectivity index is 2.05. The minimum Gasteiger partial charge on any atom is -0.468 e. The maximum atomic E-state index is 12.1. The van der Waals surface area contributed by atoms with Gasteiger partial charge >= 0.3 is 5.97 Å². The van der Waals surface area contributed by atoms with Crippen molar-refractivity contribution < 1.29 is 9.53 Å². The molecule has 0 N–H and O–H groups in total. The fourth-order valence-corrected chi connectivity index (χ4v) is 3.42. The normalized spacial score (nSPS) is 28.9. The van der Waals surface area contributed by atoms with Gasteiger partial charge in [-0.1, -0.05) is 6.42 Å². The number of carbonyl (C=O) groups is 1. The van der Waals surface area contributed by atoms with Gasteiger partial charge in [-0.2, -0.15) is 0 Å². The van der Waals surface area contributed by atoms with E-state index in [9.17, 15) is 4.79 Å². The number of carbonyl (C=O) groups excluding carboxylic acids is 1. The monoisotopic (exact) mass is 254 g/mol. The highest BCUT2D eigenvalue weighted by Crippen LogP contribution is 2.25. The Labute approximate surface area is 110 Å². The molecule has 2 rings (SSSR count). The number of hydrogen-bond donors (Lipinski definition) is 0. The average molecular weight is 254 g/mol. The summed E-state index contributed by atoms with van der Waals surface area (Å²) in [4.78, 5) is 16.8. The molecule has 2 fully saturated rings. The summed E-state index contributed by atoms with van der Waals surface area (Å²) >= 11 is 0. The summed E-state index contributed by atoms with van der Waals surface area (Å²) in [5.41, 5.74) is 0. The van der Waals surface area contributed by atoms with E-state index in [1.165, 1.54) is 32.8 Å². The first-order valence-electron chi connectivity index (χ1n) is 7.23. The Bertz CT molecular complexity index is 277. The number of piperidine rings is 2. The van der Waals surface area contributed by atoms with Gasteiger partial charge < -0.3 is 9.64 Å². The molecule has 0 saturated carbocycles. The molecule has 2 saturated heterocycles. The molecule has 0 aromatic carbocycles. The topological polar surface area (TPSA) is 32.8 Å². The zero-order valence-corrected chi connectivity index (χ0v) is 11.7. The minimum absolute atomic E-state index is 0.0157. The van der Waals surface area contributed by atoms with Gasteiger partial charge in [-0.15, -0.1) is 0 Å². The quantitative estimate of drug-likeness (QED) is 0.712. The maximum Gasteiger partial charge on any atom is 0.323 e. The van der Waals surface area contributed by atoms with Crippen molar-refractivity contribution in [2.45, 2.75) is 38.1 Å². The summed E-state index contributed by atoms with van der Waals surface area (Å²) in [6.07, 6.45) is 6.09. The highest BCUT2D eigenvalue weighted by molar-refractivity contribution is 5.76. The van der Waals surface area contributed by atoms with Crippen molar-refractivity contribution in [3.63, 3.8) is 0 Å². The molecule has 0 aromatic heterocycles. The summed E-state index contributed by atoms with van der Waals surface area (Å²) < 4.78 is 5.05. The van der Waals surface area contributed by atoms with Crippen LogP contribution in [0.25, 0.3) is 0 Å². The lowest BCUT2D eigenvalue weighted by Gasteiger charge is -2.40. The molecule has 2 atom stereocenters. The Morgan fingerprint density at radius 2 is 1.89 bits per heavy atom. The molecule has 2 aliphatic rings. The summed E-state index contributed by atoms with van der Waals surface area (Å²) in [5.74, 6) is 0.409. The lowest BCUT2D eigenvalue weighted by atomic mass is 9.88. The van der Waals surface area contributed by atoms with E-state index >= 15 is 0 Å². The second-order valence-electron chi connectivity index (χ2n) is 5.73. The first-order chi connectivity index (χ1) is 8.72. The molecule has 0 spiro atoms. The number of methoxy groups -OCH3 is 1. The molecule has 0 aromatic rings. The van der Waals surface area contributed by atoms with Crippen LogP contribution in [0.1, 0.15) is 32.1 Å². The van der Waals surface area contributed by atoms with Crippen LogP contribution in [0.3, 0.4) is 0 Å². The molecule has 2 aliphatic heterocycles. The number of rotatable bonds is 3. The van der Waals surface area contributed by atoms with Crippen LogP contribution in [0.15, 0.2) is 0 Å². The van der Waals surface area contributed by atoms with Gasteiger partial charge in [0.2, 0.25) is 0 Å². The fourth-order valence-electron chi connectivity index (χ4n) is 3.42. The van der Waals surface area contributed by atoms with Crippen LogP contribution in [0.5, 0.6) is 0 Å². The highest BCUT2D eigenvalue weighted by atomic mass is 16.5. The second kappa shape index (κ2) is 6.53. The van der Waals surface area contributed by atoms with Gasteiger partial charge in [0.25, 0.3) is 0 Å². The molecular formula is C14H26N2O2.